The minimum atomic E-state index is 0.626. The maximum absolute atomic E-state index is 5.67. The summed E-state index contributed by atoms with van der Waals surface area (Å²) in [4.78, 5) is 0. The summed E-state index contributed by atoms with van der Waals surface area (Å²) in [5, 5.41) is 20.5. The van der Waals surface area contributed by atoms with Crippen LogP contribution in [-0.2, 0) is 29.4 Å². The molecule has 0 saturated heterocycles. The molecule has 0 spiro atoms. The number of aromatic amines is 1. The molecule has 1 N–H and O–H groups in total. The molecular formula is C27H28N6OS2. The molecule has 0 aliphatic heterocycles. The zero-order chi connectivity index (χ0) is 24.7. The molecule has 9 heteroatoms. The first kappa shape index (κ1) is 25.7. The third kappa shape index (κ3) is 9.33. The lowest BCUT2D eigenvalue weighted by molar-refractivity contribution is 0.110. The summed E-state index contributed by atoms with van der Waals surface area (Å²) in [5.74, 6) is 1.84. The molecule has 0 aliphatic carbocycles. The number of benzene rings is 3. The van der Waals surface area contributed by atoms with Crippen LogP contribution in [0.4, 0.5) is 0 Å². The molecule has 7 nitrogen and oxygen atoms in total. The van der Waals surface area contributed by atoms with Crippen LogP contribution >= 0.6 is 23.5 Å². The average Bonchev–Trinajstić information content (AvgIpc) is 3.63. The van der Waals surface area contributed by atoms with Gasteiger partial charge in [-0.15, -0.1) is 10.2 Å². The molecule has 0 radical (unpaired) electrons. The first-order valence-corrected chi connectivity index (χ1v) is 13.5. The second-order valence-electron chi connectivity index (χ2n) is 7.71. The van der Waals surface area contributed by atoms with E-state index in [-0.39, 0.29) is 0 Å². The number of aromatic nitrogens is 6. The van der Waals surface area contributed by atoms with Gasteiger partial charge in [0.15, 0.2) is 0 Å². The predicted octanol–water partition coefficient (Wildman–Crippen LogP) is 5.88. The molecule has 0 amide bonds. The van der Waals surface area contributed by atoms with E-state index < -0.39 is 0 Å². The number of rotatable bonds is 11. The third-order valence-corrected chi connectivity index (χ3v) is 6.88. The Balaban J connectivity index is 0.000000197. The fourth-order valence-electron chi connectivity index (χ4n) is 3.10. The fraction of sp³-hybridized carbons (Fsp3) is 0.185. The van der Waals surface area contributed by atoms with E-state index in [4.69, 9.17) is 4.74 Å². The number of nitrogens with one attached hydrogen (secondary N) is 1. The summed E-state index contributed by atoms with van der Waals surface area (Å²) >= 11 is 3.37. The Morgan fingerprint density at radius 1 is 0.722 bits per heavy atom. The molecule has 0 atom stereocenters. The third-order valence-electron chi connectivity index (χ3n) is 4.95. The van der Waals surface area contributed by atoms with Crippen molar-refractivity contribution in [3.63, 3.8) is 0 Å². The van der Waals surface area contributed by atoms with Crippen LogP contribution in [0.25, 0.3) is 0 Å². The molecule has 0 bridgehead atoms. The van der Waals surface area contributed by atoms with Crippen molar-refractivity contribution in [2.75, 3.05) is 6.61 Å². The highest BCUT2D eigenvalue weighted by molar-refractivity contribution is 7.98. The monoisotopic (exact) mass is 516 g/mol. The number of H-pyrrole nitrogens is 1. The van der Waals surface area contributed by atoms with E-state index in [1.54, 1.807) is 29.7 Å². The Bertz CT molecular complexity index is 1240. The Morgan fingerprint density at radius 2 is 1.31 bits per heavy atom. The Morgan fingerprint density at radius 3 is 1.89 bits per heavy atom. The van der Waals surface area contributed by atoms with Crippen LogP contribution in [-0.4, -0.2) is 37.0 Å². The average molecular weight is 517 g/mol. The van der Waals surface area contributed by atoms with Gasteiger partial charge in [0.2, 0.25) is 0 Å². The van der Waals surface area contributed by atoms with Crippen molar-refractivity contribution >= 4 is 23.5 Å². The quantitative estimate of drug-likeness (QED) is 0.173. The van der Waals surface area contributed by atoms with Gasteiger partial charge < -0.3 is 4.74 Å². The molecular weight excluding hydrogens is 488 g/mol. The lowest BCUT2D eigenvalue weighted by Crippen LogP contribution is -2.06. The maximum atomic E-state index is 5.67. The molecule has 2 aromatic heterocycles. The van der Waals surface area contributed by atoms with E-state index in [1.807, 2.05) is 53.3 Å². The van der Waals surface area contributed by atoms with E-state index >= 15 is 0 Å². The van der Waals surface area contributed by atoms with Gasteiger partial charge in [-0.3, -0.25) is 0 Å². The predicted molar refractivity (Wildman–Crippen MR) is 145 cm³/mol. The minimum Gasteiger partial charge on any atom is -0.375 e. The van der Waals surface area contributed by atoms with Gasteiger partial charge in [-0.2, -0.15) is 10.3 Å². The first-order valence-electron chi connectivity index (χ1n) is 11.6. The highest BCUT2D eigenvalue weighted by atomic mass is 32.2. The lowest BCUT2D eigenvalue weighted by atomic mass is 10.2. The summed E-state index contributed by atoms with van der Waals surface area (Å²) in [7, 11) is 0. The Hall–Kier alpha value is -3.40. The van der Waals surface area contributed by atoms with Crippen LogP contribution in [0.2, 0.25) is 0 Å². The minimum absolute atomic E-state index is 0.626. The second kappa shape index (κ2) is 14.9. The van der Waals surface area contributed by atoms with Gasteiger partial charge in [0.1, 0.15) is 10.1 Å². The Labute approximate surface area is 219 Å². The lowest BCUT2D eigenvalue weighted by Gasteiger charge is -2.03. The maximum Gasteiger partial charge on any atom is 0.139 e. The molecule has 36 heavy (non-hydrogen) atoms. The van der Waals surface area contributed by atoms with Crippen molar-refractivity contribution in [2.45, 2.75) is 34.7 Å². The van der Waals surface area contributed by atoms with Crippen molar-refractivity contribution in [3.05, 3.63) is 120 Å². The molecule has 0 aliphatic rings. The molecule has 0 fully saturated rings. The topological polar surface area (TPSA) is 81.5 Å². The first-order chi connectivity index (χ1) is 17.8. The molecule has 5 aromatic rings. The highest BCUT2D eigenvalue weighted by Gasteiger charge is 2.02. The van der Waals surface area contributed by atoms with Gasteiger partial charge in [-0.25, -0.2) is 4.68 Å². The van der Waals surface area contributed by atoms with Gasteiger partial charge in [-0.1, -0.05) is 120 Å². The van der Waals surface area contributed by atoms with Gasteiger partial charge in [0.25, 0.3) is 0 Å². The molecule has 0 unspecified atom stereocenters. The van der Waals surface area contributed by atoms with Crippen LogP contribution in [0.15, 0.2) is 113 Å². The molecule has 5 rings (SSSR count). The Kier molecular flexibility index (Phi) is 10.6. The van der Waals surface area contributed by atoms with E-state index in [2.05, 4.69) is 74.3 Å². The summed E-state index contributed by atoms with van der Waals surface area (Å²) in [6.45, 7) is 1.97. The van der Waals surface area contributed by atoms with Crippen molar-refractivity contribution in [2.24, 2.45) is 0 Å². The van der Waals surface area contributed by atoms with Crippen LogP contribution in [0.1, 0.15) is 16.7 Å². The van der Waals surface area contributed by atoms with E-state index in [1.165, 1.54) is 16.7 Å². The van der Waals surface area contributed by atoms with E-state index in [0.29, 0.717) is 19.8 Å². The molecule has 3 aromatic carbocycles. The van der Waals surface area contributed by atoms with Crippen LogP contribution < -0.4 is 0 Å². The SMILES string of the molecule is c1ccc(COCCn2cc(SCc3ccccc3)nn2)cc1.c1ccc(CSc2cn[nH]n2)cc1. The van der Waals surface area contributed by atoms with Crippen molar-refractivity contribution in [1.82, 2.24) is 30.4 Å². The molecule has 2 heterocycles. The van der Waals surface area contributed by atoms with Crippen molar-refractivity contribution in [1.29, 1.82) is 0 Å². The number of ether oxygens (including phenoxy) is 1. The molecule has 0 saturated carbocycles. The fourth-order valence-corrected chi connectivity index (χ4v) is 4.64. The summed E-state index contributed by atoms with van der Waals surface area (Å²) in [5.41, 5.74) is 3.78. The standard InChI is InChI=1S/C18H19N3OS.C9H9N3S/c1-3-7-16(8-4-1)14-22-12-11-21-13-18(19-20-21)23-15-17-9-5-2-6-10-17;1-2-4-8(5-3-1)7-13-9-6-10-12-11-9/h1-10,13H,11-12,14-15H2;1-6H,7H2,(H,10,11,12). The zero-order valence-electron chi connectivity index (χ0n) is 19.8. The number of nitrogens with zero attached hydrogens (tertiary/aromatic N) is 5. The normalized spacial score (nSPS) is 10.6. The van der Waals surface area contributed by atoms with Crippen LogP contribution in [0, 0.1) is 0 Å². The zero-order valence-corrected chi connectivity index (χ0v) is 21.4. The smallest absolute Gasteiger partial charge is 0.139 e. The molecule has 184 valence electrons. The van der Waals surface area contributed by atoms with Crippen LogP contribution in [0.3, 0.4) is 0 Å². The van der Waals surface area contributed by atoms with Crippen LogP contribution in [0.5, 0.6) is 0 Å². The van der Waals surface area contributed by atoms with E-state index in [9.17, 15) is 0 Å². The number of hydrogen-bond donors (Lipinski definition) is 1. The van der Waals surface area contributed by atoms with E-state index in [0.717, 1.165) is 21.6 Å². The van der Waals surface area contributed by atoms with Gasteiger partial charge >= 0.3 is 0 Å². The summed E-state index contributed by atoms with van der Waals surface area (Å²) < 4.78 is 7.50. The second-order valence-corrected chi connectivity index (χ2v) is 9.71. The van der Waals surface area contributed by atoms with Gasteiger partial charge in [0.05, 0.1) is 32.2 Å². The van der Waals surface area contributed by atoms with Gasteiger partial charge in [0, 0.05) is 11.5 Å². The summed E-state index contributed by atoms with van der Waals surface area (Å²) in [6, 6.07) is 30.9. The summed E-state index contributed by atoms with van der Waals surface area (Å²) in [6.07, 6.45) is 3.70. The number of thioether (sulfide) groups is 2. The van der Waals surface area contributed by atoms with Gasteiger partial charge in [-0.05, 0) is 16.7 Å². The highest BCUT2D eigenvalue weighted by Crippen LogP contribution is 2.20. The largest absolute Gasteiger partial charge is 0.375 e. The van der Waals surface area contributed by atoms with Crippen molar-refractivity contribution in [3.8, 4) is 0 Å². The number of hydrogen-bond acceptors (Lipinski definition) is 7. The van der Waals surface area contributed by atoms with Crippen molar-refractivity contribution < 1.29 is 4.74 Å².